The van der Waals surface area contributed by atoms with E-state index < -0.39 is 6.10 Å². The maximum atomic E-state index is 10.1. The van der Waals surface area contributed by atoms with Crippen LogP contribution in [0.15, 0.2) is 58.3 Å². The van der Waals surface area contributed by atoms with Crippen molar-refractivity contribution in [2.24, 2.45) is 0 Å². The van der Waals surface area contributed by atoms with Crippen molar-refractivity contribution in [1.29, 1.82) is 0 Å². The minimum atomic E-state index is -0.401. The molecule has 0 radical (unpaired) electrons. The van der Waals surface area contributed by atoms with E-state index in [2.05, 4.69) is 4.90 Å². The number of nitrogens with zero attached hydrogens (tertiary/aromatic N) is 1. The quantitative estimate of drug-likeness (QED) is 0.848. The van der Waals surface area contributed by atoms with Gasteiger partial charge >= 0.3 is 0 Å². The summed E-state index contributed by atoms with van der Waals surface area (Å²) in [6.07, 6.45) is 0.346. The molecule has 0 saturated heterocycles. The summed E-state index contributed by atoms with van der Waals surface area (Å²) >= 11 is 7.57. The Bertz CT molecular complexity index is 554. The number of hydrogen-bond acceptors (Lipinski definition) is 3. The van der Waals surface area contributed by atoms with Gasteiger partial charge in [-0.25, -0.2) is 0 Å². The molecule has 0 aliphatic heterocycles. The molecule has 2 aromatic rings. The van der Waals surface area contributed by atoms with Crippen molar-refractivity contribution in [2.45, 2.75) is 22.3 Å². The zero-order valence-electron chi connectivity index (χ0n) is 12.3. The zero-order valence-corrected chi connectivity index (χ0v) is 13.9. The van der Waals surface area contributed by atoms with Gasteiger partial charge in [0.15, 0.2) is 0 Å². The highest BCUT2D eigenvalue weighted by atomic mass is 35.5. The topological polar surface area (TPSA) is 23.5 Å². The molecule has 0 amide bonds. The van der Waals surface area contributed by atoms with Crippen molar-refractivity contribution in [3.63, 3.8) is 0 Å². The van der Waals surface area contributed by atoms with Crippen molar-refractivity contribution in [3.8, 4) is 0 Å². The van der Waals surface area contributed by atoms with Crippen LogP contribution in [0.2, 0.25) is 5.02 Å². The molecule has 0 aromatic heterocycles. The molecule has 21 heavy (non-hydrogen) atoms. The van der Waals surface area contributed by atoms with E-state index in [1.807, 2.05) is 62.6 Å². The lowest BCUT2D eigenvalue weighted by molar-refractivity contribution is 0.154. The highest BCUT2D eigenvalue weighted by Crippen LogP contribution is 2.29. The molecule has 112 valence electrons. The van der Waals surface area contributed by atoms with Gasteiger partial charge in [-0.15, -0.1) is 0 Å². The predicted molar refractivity (Wildman–Crippen MR) is 90.1 cm³/mol. The lowest BCUT2D eigenvalue weighted by atomic mass is 10.1. The summed E-state index contributed by atoms with van der Waals surface area (Å²) in [6, 6.07) is 15.9. The molecular formula is C17H20ClNOS. The predicted octanol–water partition coefficient (Wildman–Crippen LogP) is 4.48. The average Bonchev–Trinajstić information content (AvgIpc) is 2.48. The normalized spacial score (nSPS) is 12.6. The van der Waals surface area contributed by atoms with Gasteiger partial charge in [0.05, 0.1) is 6.10 Å². The SMILES string of the molecule is CN(C)CCC(O)c1ccc(Sc2ccc(Cl)cc2)cc1. The van der Waals surface area contributed by atoms with Gasteiger partial charge in [0.1, 0.15) is 0 Å². The third-order valence-corrected chi connectivity index (χ3v) is 4.43. The molecule has 0 aliphatic carbocycles. The Kier molecular flexibility index (Phi) is 6.12. The highest BCUT2D eigenvalue weighted by Gasteiger charge is 2.08. The Labute approximate surface area is 135 Å². The molecule has 0 bridgehead atoms. The van der Waals surface area contributed by atoms with Crippen LogP contribution < -0.4 is 0 Å². The monoisotopic (exact) mass is 321 g/mol. The smallest absolute Gasteiger partial charge is 0.0802 e. The number of benzene rings is 2. The minimum Gasteiger partial charge on any atom is -0.388 e. The Morgan fingerprint density at radius 1 is 1.00 bits per heavy atom. The molecule has 0 heterocycles. The average molecular weight is 322 g/mol. The first-order valence-corrected chi connectivity index (χ1v) is 8.10. The van der Waals surface area contributed by atoms with Crippen LogP contribution >= 0.6 is 23.4 Å². The first-order valence-electron chi connectivity index (χ1n) is 6.91. The number of hydrogen-bond donors (Lipinski definition) is 1. The third kappa shape index (κ3) is 5.36. The number of rotatable bonds is 6. The second-order valence-electron chi connectivity index (χ2n) is 5.23. The van der Waals surface area contributed by atoms with Crippen LogP contribution in [0.4, 0.5) is 0 Å². The summed E-state index contributed by atoms with van der Waals surface area (Å²) in [5.74, 6) is 0. The summed E-state index contributed by atoms with van der Waals surface area (Å²) in [5.41, 5.74) is 0.970. The minimum absolute atomic E-state index is 0.401. The largest absolute Gasteiger partial charge is 0.388 e. The first kappa shape index (κ1) is 16.4. The van der Waals surface area contributed by atoms with E-state index >= 15 is 0 Å². The Balaban J connectivity index is 1.96. The van der Waals surface area contributed by atoms with Crippen molar-refractivity contribution in [2.75, 3.05) is 20.6 Å². The summed E-state index contributed by atoms with van der Waals surface area (Å²) < 4.78 is 0. The molecule has 0 saturated carbocycles. The van der Waals surface area contributed by atoms with Crippen LogP contribution in [0.25, 0.3) is 0 Å². The molecular weight excluding hydrogens is 302 g/mol. The van der Waals surface area contributed by atoms with Gasteiger partial charge < -0.3 is 10.0 Å². The van der Waals surface area contributed by atoms with Gasteiger partial charge in [0, 0.05) is 21.4 Å². The molecule has 0 aliphatic rings. The fourth-order valence-electron chi connectivity index (χ4n) is 1.94. The zero-order chi connectivity index (χ0) is 15.2. The standard InChI is InChI=1S/C17H20ClNOS/c1-19(2)12-11-17(20)13-3-7-15(8-4-13)21-16-9-5-14(18)6-10-16/h3-10,17,20H,11-12H2,1-2H3. The van der Waals surface area contributed by atoms with Crippen LogP contribution in [-0.2, 0) is 0 Å². The molecule has 2 aromatic carbocycles. The first-order chi connectivity index (χ1) is 10.0. The molecule has 2 nitrogen and oxygen atoms in total. The number of aliphatic hydroxyl groups is 1. The van der Waals surface area contributed by atoms with Gasteiger partial charge in [-0.1, -0.05) is 35.5 Å². The molecule has 1 N–H and O–H groups in total. The second kappa shape index (κ2) is 7.85. The van der Waals surface area contributed by atoms with Crippen LogP contribution in [-0.4, -0.2) is 30.6 Å². The number of aliphatic hydroxyl groups excluding tert-OH is 1. The van der Waals surface area contributed by atoms with Gasteiger partial charge in [0.2, 0.25) is 0 Å². The van der Waals surface area contributed by atoms with Gasteiger partial charge in [-0.3, -0.25) is 0 Å². The van der Waals surface area contributed by atoms with E-state index in [0.717, 1.165) is 33.3 Å². The summed E-state index contributed by atoms with van der Waals surface area (Å²) in [7, 11) is 4.02. The molecule has 2 rings (SSSR count). The number of halogens is 1. The highest BCUT2D eigenvalue weighted by molar-refractivity contribution is 7.99. The van der Waals surface area contributed by atoms with Crippen molar-refractivity contribution in [1.82, 2.24) is 4.90 Å². The van der Waals surface area contributed by atoms with Gasteiger partial charge in [-0.2, -0.15) is 0 Å². The molecule has 0 fully saturated rings. The Morgan fingerprint density at radius 3 is 2.05 bits per heavy atom. The van der Waals surface area contributed by atoms with E-state index in [0.29, 0.717) is 0 Å². The molecule has 1 unspecified atom stereocenters. The van der Waals surface area contributed by atoms with Crippen LogP contribution in [0.1, 0.15) is 18.1 Å². The van der Waals surface area contributed by atoms with Crippen molar-refractivity contribution < 1.29 is 5.11 Å². The lowest BCUT2D eigenvalue weighted by Gasteiger charge is -2.15. The Morgan fingerprint density at radius 2 is 1.52 bits per heavy atom. The van der Waals surface area contributed by atoms with E-state index in [-0.39, 0.29) is 0 Å². The van der Waals surface area contributed by atoms with Crippen LogP contribution in [0.3, 0.4) is 0 Å². The lowest BCUT2D eigenvalue weighted by Crippen LogP contribution is -2.15. The fourth-order valence-corrected chi connectivity index (χ4v) is 2.89. The Hall–Kier alpha value is -1.00. The van der Waals surface area contributed by atoms with E-state index in [4.69, 9.17) is 11.6 Å². The molecule has 0 spiro atoms. The van der Waals surface area contributed by atoms with Crippen LogP contribution in [0, 0.1) is 0 Å². The van der Waals surface area contributed by atoms with Crippen LogP contribution in [0.5, 0.6) is 0 Å². The van der Waals surface area contributed by atoms with Crippen molar-refractivity contribution >= 4 is 23.4 Å². The third-order valence-electron chi connectivity index (χ3n) is 3.16. The maximum Gasteiger partial charge on any atom is 0.0802 e. The second-order valence-corrected chi connectivity index (χ2v) is 6.82. The summed E-state index contributed by atoms with van der Waals surface area (Å²) in [5, 5.41) is 10.9. The van der Waals surface area contributed by atoms with Gasteiger partial charge in [0.25, 0.3) is 0 Å². The van der Waals surface area contributed by atoms with E-state index in [1.54, 1.807) is 11.8 Å². The summed E-state index contributed by atoms with van der Waals surface area (Å²) in [6.45, 7) is 0.877. The van der Waals surface area contributed by atoms with Crippen molar-refractivity contribution in [3.05, 3.63) is 59.1 Å². The summed E-state index contributed by atoms with van der Waals surface area (Å²) in [4.78, 5) is 4.38. The molecule has 1 atom stereocenters. The fraction of sp³-hybridized carbons (Fsp3) is 0.294. The molecule has 4 heteroatoms. The van der Waals surface area contributed by atoms with E-state index in [1.165, 1.54) is 0 Å². The van der Waals surface area contributed by atoms with E-state index in [9.17, 15) is 5.11 Å². The van der Waals surface area contributed by atoms with Gasteiger partial charge in [-0.05, 0) is 62.5 Å². The maximum absolute atomic E-state index is 10.1.